The van der Waals surface area contributed by atoms with E-state index in [1.165, 1.54) is 148 Å². The van der Waals surface area contributed by atoms with Gasteiger partial charge in [0.05, 0.1) is 0 Å². The van der Waals surface area contributed by atoms with Crippen LogP contribution in [0.1, 0.15) is 161 Å². The number of unbranched alkanes of at least 4 members (excludes halogenated alkanes) is 22. The van der Waals surface area contributed by atoms with Gasteiger partial charge in [0.15, 0.2) is 0 Å². The lowest BCUT2D eigenvalue weighted by Crippen LogP contribution is -1.97. The summed E-state index contributed by atoms with van der Waals surface area (Å²) in [6.45, 7) is 4.61. The lowest BCUT2D eigenvalue weighted by atomic mass is 10.0. The summed E-state index contributed by atoms with van der Waals surface area (Å²) >= 11 is 0. The summed E-state index contributed by atoms with van der Waals surface area (Å²) in [5, 5.41) is 8.74. The number of hydrogen-bond donors (Lipinski definition) is 1. The van der Waals surface area contributed by atoms with E-state index >= 15 is 0 Å². The van der Waals surface area contributed by atoms with Crippen molar-refractivity contribution in [1.82, 2.24) is 0 Å². The summed E-state index contributed by atoms with van der Waals surface area (Å²) in [5.74, 6) is 0. The van der Waals surface area contributed by atoms with Crippen molar-refractivity contribution in [3.8, 4) is 0 Å². The van der Waals surface area contributed by atoms with Gasteiger partial charge in [-0.25, -0.2) is 0 Å². The molecule has 2 nitrogen and oxygen atoms in total. The van der Waals surface area contributed by atoms with Crippen LogP contribution in [0.4, 0.5) is 0 Å². The van der Waals surface area contributed by atoms with Gasteiger partial charge in [0.1, 0.15) is 0 Å². The summed E-state index contributed by atoms with van der Waals surface area (Å²) in [5.41, 5.74) is 0. The molecular formula is C28H58O2. The number of ether oxygens (including phenoxy) is 1. The molecular weight excluding hydrogens is 368 g/mol. The molecule has 0 atom stereocenters. The number of rotatable bonds is 27. The van der Waals surface area contributed by atoms with Gasteiger partial charge in [-0.3, -0.25) is 0 Å². The number of aliphatic hydroxyl groups excluding tert-OH is 1. The van der Waals surface area contributed by atoms with E-state index in [0.717, 1.165) is 19.6 Å². The monoisotopic (exact) mass is 426 g/mol. The van der Waals surface area contributed by atoms with Crippen molar-refractivity contribution in [3.63, 3.8) is 0 Å². The van der Waals surface area contributed by atoms with Crippen molar-refractivity contribution in [2.75, 3.05) is 19.8 Å². The Labute approximate surface area is 191 Å². The molecule has 2 heteroatoms. The average molecular weight is 427 g/mol. The van der Waals surface area contributed by atoms with Gasteiger partial charge in [-0.15, -0.1) is 0 Å². The van der Waals surface area contributed by atoms with E-state index in [1.54, 1.807) is 0 Å². The molecule has 0 heterocycles. The second-order valence-corrected chi connectivity index (χ2v) is 9.47. The largest absolute Gasteiger partial charge is 0.396 e. The van der Waals surface area contributed by atoms with E-state index in [9.17, 15) is 0 Å². The van der Waals surface area contributed by atoms with E-state index in [4.69, 9.17) is 9.84 Å². The third kappa shape index (κ3) is 27.9. The Bertz CT molecular complexity index is 252. The fraction of sp³-hybridized carbons (Fsp3) is 1.00. The molecule has 0 unspecified atom stereocenters. The summed E-state index contributed by atoms with van der Waals surface area (Å²) in [6.07, 6.45) is 32.8. The predicted octanol–water partition coefficient (Wildman–Crippen LogP) is 9.38. The molecule has 0 radical (unpaired) electrons. The van der Waals surface area contributed by atoms with Crippen LogP contribution >= 0.6 is 0 Å². The molecule has 0 aromatic carbocycles. The Morgan fingerprint density at radius 2 is 0.633 bits per heavy atom. The van der Waals surface area contributed by atoms with Crippen LogP contribution in [0, 0.1) is 0 Å². The topological polar surface area (TPSA) is 29.5 Å². The van der Waals surface area contributed by atoms with Crippen LogP contribution in [-0.2, 0) is 4.74 Å². The zero-order chi connectivity index (χ0) is 21.8. The fourth-order valence-corrected chi connectivity index (χ4v) is 4.23. The first-order valence-electron chi connectivity index (χ1n) is 14.1. The van der Waals surface area contributed by atoms with Crippen LogP contribution in [0.25, 0.3) is 0 Å². The van der Waals surface area contributed by atoms with Gasteiger partial charge in [0.25, 0.3) is 0 Å². The molecule has 0 saturated heterocycles. The second-order valence-electron chi connectivity index (χ2n) is 9.47. The van der Waals surface area contributed by atoms with Gasteiger partial charge in [-0.1, -0.05) is 142 Å². The molecule has 0 bridgehead atoms. The second kappa shape index (κ2) is 28.9. The lowest BCUT2D eigenvalue weighted by Gasteiger charge is -2.05. The molecule has 0 amide bonds. The van der Waals surface area contributed by atoms with Crippen LogP contribution in [-0.4, -0.2) is 24.9 Å². The molecule has 0 fully saturated rings. The van der Waals surface area contributed by atoms with E-state index in [-0.39, 0.29) is 0 Å². The number of aliphatic hydroxyl groups is 1. The normalized spacial score (nSPS) is 11.4. The maximum atomic E-state index is 8.74. The van der Waals surface area contributed by atoms with Gasteiger partial charge < -0.3 is 9.84 Å². The fourth-order valence-electron chi connectivity index (χ4n) is 4.23. The Hall–Kier alpha value is -0.0800. The van der Waals surface area contributed by atoms with E-state index in [0.29, 0.717) is 6.61 Å². The molecule has 0 aliphatic carbocycles. The van der Waals surface area contributed by atoms with Crippen molar-refractivity contribution in [2.45, 2.75) is 161 Å². The highest BCUT2D eigenvalue weighted by Crippen LogP contribution is 2.13. The van der Waals surface area contributed by atoms with E-state index in [2.05, 4.69) is 6.92 Å². The molecule has 0 aromatic rings. The van der Waals surface area contributed by atoms with Gasteiger partial charge >= 0.3 is 0 Å². The summed E-state index contributed by atoms with van der Waals surface area (Å²) in [7, 11) is 0. The van der Waals surface area contributed by atoms with Crippen molar-refractivity contribution >= 4 is 0 Å². The molecule has 0 spiro atoms. The summed E-state index contributed by atoms with van der Waals surface area (Å²) < 4.78 is 5.80. The van der Waals surface area contributed by atoms with Gasteiger partial charge in [-0.05, 0) is 19.3 Å². The molecule has 0 aromatic heterocycles. The highest BCUT2D eigenvalue weighted by atomic mass is 16.5. The van der Waals surface area contributed by atoms with Crippen LogP contribution < -0.4 is 0 Å². The molecule has 0 saturated carbocycles. The Balaban J connectivity index is 2.97. The van der Waals surface area contributed by atoms with Gasteiger partial charge in [0, 0.05) is 19.8 Å². The Kier molecular flexibility index (Phi) is 28.8. The molecule has 1 N–H and O–H groups in total. The molecule has 30 heavy (non-hydrogen) atoms. The van der Waals surface area contributed by atoms with Gasteiger partial charge in [-0.2, -0.15) is 0 Å². The Morgan fingerprint density at radius 1 is 0.367 bits per heavy atom. The van der Waals surface area contributed by atoms with Crippen LogP contribution in [0.15, 0.2) is 0 Å². The van der Waals surface area contributed by atoms with Gasteiger partial charge in [0.2, 0.25) is 0 Å². The maximum Gasteiger partial charge on any atom is 0.0466 e. The minimum absolute atomic E-state index is 0.363. The summed E-state index contributed by atoms with van der Waals surface area (Å²) in [4.78, 5) is 0. The van der Waals surface area contributed by atoms with Crippen LogP contribution in [0.5, 0.6) is 0 Å². The van der Waals surface area contributed by atoms with E-state index in [1.807, 2.05) is 0 Å². The number of hydrogen-bond acceptors (Lipinski definition) is 2. The first kappa shape index (κ1) is 29.9. The first-order valence-corrected chi connectivity index (χ1v) is 14.1. The van der Waals surface area contributed by atoms with Crippen molar-refractivity contribution < 1.29 is 9.84 Å². The molecule has 0 aliphatic rings. The highest BCUT2D eigenvalue weighted by Gasteiger charge is 1.96. The smallest absolute Gasteiger partial charge is 0.0466 e. The first-order chi connectivity index (χ1) is 14.9. The minimum Gasteiger partial charge on any atom is -0.396 e. The zero-order valence-electron chi connectivity index (χ0n) is 20.9. The minimum atomic E-state index is 0.363. The Morgan fingerprint density at radius 3 is 0.933 bits per heavy atom. The molecule has 182 valence electrons. The SMILES string of the molecule is CCCCCCCCCCCCCCCCOCCCCCCCCCCCCO. The quantitative estimate of drug-likeness (QED) is 0.133. The third-order valence-electron chi connectivity index (χ3n) is 6.34. The zero-order valence-corrected chi connectivity index (χ0v) is 20.9. The van der Waals surface area contributed by atoms with Crippen molar-refractivity contribution in [2.24, 2.45) is 0 Å². The van der Waals surface area contributed by atoms with Crippen LogP contribution in [0.3, 0.4) is 0 Å². The maximum absolute atomic E-state index is 8.74. The average Bonchev–Trinajstić information content (AvgIpc) is 2.76. The third-order valence-corrected chi connectivity index (χ3v) is 6.34. The van der Waals surface area contributed by atoms with Crippen LogP contribution in [0.2, 0.25) is 0 Å². The summed E-state index contributed by atoms with van der Waals surface area (Å²) in [6, 6.07) is 0. The molecule has 0 rings (SSSR count). The highest BCUT2D eigenvalue weighted by molar-refractivity contribution is 4.50. The van der Waals surface area contributed by atoms with Crippen molar-refractivity contribution in [1.29, 1.82) is 0 Å². The standard InChI is InChI=1S/C28H58O2/c1-2-3-4-5-6-7-8-9-10-12-15-18-21-24-27-30-28-25-22-19-16-13-11-14-17-20-23-26-29/h29H,2-28H2,1H3. The van der Waals surface area contributed by atoms with Crippen molar-refractivity contribution in [3.05, 3.63) is 0 Å². The molecule has 0 aliphatic heterocycles. The lowest BCUT2D eigenvalue weighted by molar-refractivity contribution is 0.125. The predicted molar refractivity (Wildman–Crippen MR) is 134 cm³/mol. The van der Waals surface area contributed by atoms with E-state index < -0.39 is 0 Å².